The lowest BCUT2D eigenvalue weighted by molar-refractivity contribution is 0.0914. The second kappa shape index (κ2) is 9.48. The molecule has 148 valence electrons. The van der Waals surface area contributed by atoms with Crippen LogP contribution in [0.5, 0.6) is 5.75 Å². The van der Waals surface area contributed by atoms with E-state index in [1.54, 1.807) is 11.8 Å². The fourth-order valence-corrected chi connectivity index (χ4v) is 4.29. The zero-order chi connectivity index (χ0) is 20.1. The second-order valence-electron chi connectivity index (χ2n) is 6.69. The summed E-state index contributed by atoms with van der Waals surface area (Å²) in [7, 11) is 0. The van der Waals surface area contributed by atoms with Crippen molar-refractivity contribution in [3.05, 3.63) is 88.9 Å². The summed E-state index contributed by atoms with van der Waals surface area (Å²) in [6, 6.07) is 26.0. The van der Waals surface area contributed by atoms with Crippen LogP contribution in [0.4, 0.5) is 0 Å². The van der Waals surface area contributed by atoms with E-state index in [1.165, 1.54) is 5.56 Å². The normalized spacial score (nSPS) is 12.2. The van der Waals surface area contributed by atoms with Gasteiger partial charge in [0.1, 0.15) is 18.5 Å². The fraction of sp³-hybridized carbons (Fsp3) is 0.174. The molecule has 0 amide bonds. The summed E-state index contributed by atoms with van der Waals surface area (Å²) in [5, 5.41) is 11.5. The Morgan fingerprint density at radius 2 is 1.69 bits per heavy atom. The molecule has 4 aromatic rings. The molecule has 0 unspecified atom stereocenters. The summed E-state index contributed by atoms with van der Waals surface area (Å²) < 4.78 is 8.82. The third kappa shape index (κ3) is 5.21. The number of halogens is 1. The summed E-state index contributed by atoms with van der Waals surface area (Å²) in [5.74, 6) is 1.57. The molecule has 0 aliphatic carbocycles. The third-order valence-electron chi connectivity index (χ3n) is 4.48. The molecular formula is C23H21BrN2O2S. The first-order valence-corrected chi connectivity index (χ1v) is 11.2. The molecule has 29 heavy (non-hydrogen) atoms. The van der Waals surface area contributed by atoms with Gasteiger partial charge in [-0.15, -0.1) is 0 Å². The minimum absolute atomic E-state index is 0.219. The fourth-order valence-electron chi connectivity index (χ4n) is 3.05. The van der Waals surface area contributed by atoms with Crippen LogP contribution < -0.4 is 4.74 Å². The summed E-state index contributed by atoms with van der Waals surface area (Å²) in [6.07, 6.45) is -0.646. The van der Waals surface area contributed by atoms with Gasteiger partial charge in [-0.05, 0) is 42.0 Å². The number of rotatable bonds is 8. The highest BCUT2D eigenvalue weighted by Gasteiger charge is 2.15. The Morgan fingerprint density at radius 3 is 2.48 bits per heavy atom. The standard InChI is InChI=1S/C23H21BrN2O2S/c24-18-10-12-20(13-11-18)28-15-19(27)14-26-22-9-5-4-8-21(22)25-23(26)29-16-17-6-2-1-3-7-17/h1-13,19,27H,14-16H2/t19-/m0/s1. The summed E-state index contributed by atoms with van der Waals surface area (Å²) >= 11 is 5.09. The average Bonchev–Trinajstić information content (AvgIpc) is 3.10. The predicted octanol–water partition coefficient (Wildman–Crippen LogP) is 5.53. The molecule has 6 heteroatoms. The van der Waals surface area contributed by atoms with Gasteiger partial charge in [-0.2, -0.15) is 0 Å². The van der Waals surface area contributed by atoms with Crippen molar-refractivity contribution in [1.29, 1.82) is 0 Å². The lowest BCUT2D eigenvalue weighted by atomic mass is 10.2. The summed E-state index contributed by atoms with van der Waals surface area (Å²) in [4.78, 5) is 4.78. The van der Waals surface area contributed by atoms with Gasteiger partial charge in [0.25, 0.3) is 0 Å². The molecule has 3 aromatic carbocycles. The van der Waals surface area contributed by atoms with Crippen molar-refractivity contribution in [3.63, 3.8) is 0 Å². The van der Waals surface area contributed by atoms with Gasteiger partial charge in [-0.3, -0.25) is 0 Å². The van der Waals surface area contributed by atoms with Crippen LogP contribution in [0.1, 0.15) is 5.56 Å². The highest BCUT2D eigenvalue weighted by molar-refractivity contribution is 9.10. The smallest absolute Gasteiger partial charge is 0.169 e. The molecule has 1 aromatic heterocycles. The molecular weight excluding hydrogens is 448 g/mol. The number of fused-ring (bicyclic) bond motifs is 1. The van der Waals surface area contributed by atoms with E-state index >= 15 is 0 Å². The molecule has 0 fully saturated rings. The Hall–Kier alpha value is -2.28. The van der Waals surface area contributed by atoms with Crippen LogP contribution in [0.15, 0.2) is 88.5 Å². The number of hydrogen-bond donors (Lipinski definition) is 1. The molecule has 0 spiro atoms. The third-order valence-corrected chi connectivity index (χ3v) is 6.06. The molecule has 0 saturated carbocycles. The molecule has 0 bridgehead atoms. The minimum atomic E-state index is -0.646. The Balaban J connectivity index is 1.48. The summed E-state index contributed by atoms with van der Waals surface area (Å²) in [5.41, 5.74) is 3.20. The van der Waals surface area contributed by atoms with E-state index < -0.39 is 6.10 Å². The van der Waals surface area contributed by atoms with Crippen LogP contribution in [-0.4, -0.2) is 27.4 Å². The van der Waals surface area contributed by atoms with Crippen LogP contribution in [0.25, 0.3) is 11.0 Å². The minimum Gasteiger partial charge on any atom is -0.491 e. The number of para-hydroxylation sites is 2. The van der Waals surface area contributed by atoms with Gasteiger partial charge in [0.15, 0.2) is 5.16 Å². The maximum atomic E-state index is 10.6. The van der Waals surface area contributed by atoms with E-state index in [2.05, 4.69) is 32.6 Å². The first-order valence-electron chi connectivity index (χ1n) is 9.37. The first kappa shape index (κ1) is 20.0. The highest BCUT2D eigenvalue weighted by Crippen LogP contribution is 2.27. The van der Waals surface area contributed by atoms with Gasteiger partial charge in [-0.1, -0.05) is 70.2 Å². The lowest BCUT2D eigenvalue weighted by Gasteiger charge is -2.15. The first-order chi connectivity index (χ1) is 14.2. The molecule has 0 saturated heterocycles. The van der Waals surface area contributed by atoms with Gasteiger partial charge in [0.2, 0.25) is 0 Å². The van der Waals surface area contributed by atoms with Crippen LogP contribution >= 0.6 is 27.7 Å². The second-order valence-corrected chi connectivity index (χ2v) is 8.54. The molecule has 0 aliphatic rings. The molecule has 1 heterocycles. The SMILES string of the molecule is O[C@H](COc1ccc(Br)cc1)Cn1c(SCc2ccccc2)nc2ccccc21. The van der Waals surface area contributed by atoms with Crippen LogP contribution in [0, 0.1) is 0 Å². The van der Waals surface area contributed by atoms with Crippen molar-refractivity contribution < 1.29 is 9.84 Å². The van der Waals surface area contributed by atoms with E-state index in [-0.39, 0.29) is 6.61 Å². The molecule has 1 N–H and O–H groups in total. The Labute approximate surface area is 182 Å². The van der Waals surface area contributed by atoms with E-state index in [0.29, 0.717) is 6.54 Å². The zero-order valence-electron chi connectivity index (χ0n) is 15.7. The molecule has 0 radical (unpaired) electrons. The zero-order valence-corrected chi connectivity index (χ0v) is 18.1. The number of benzene rings is 3. The highest BCUT2D eigenvalue weighted by atomic mass is 79.9. The summed E-state index contributed by atoms with van der Waals surface area (Å²) in [6.45, 7) is 0.644. The number of aromatic nitrogens is 2. The Morgan fingerprint density at radius 1 is 0.966 bits per heavy atom. The van der Waals surface area contributed by atoms with Crippen molar-refractivity contribution in [2.45, 2.75) is 23.6 Å². The molecule has 4 rings (SSSR count). The average molecular weight is 469 g/mol. The number of aliphatic hydroxyl groups is 1. The van der Waals surface area contributed by atoms with Gasteiger partial charge in [-0.25, -0.2) is 4.98 Å². The van der Waals surface area contributed by atoms with E-state index in [0.717, 1.165) is 32.2 Å². The number of imidazole rings is 1. The maximum absolute atomic E-state index is 10.6. The Bertz CT molecular complexity index is 1070. The number of nitrogens with zero attached hydrogens (tertiary/aromatic N) is 2. The molecule has 0 aliphatic heterocycles. The predicted molar refractivity (Wildman–Crippen MR) is 121 cm³/mol. The van der Waals surface area contributed by atoms with Crippen LogP contribution in [0.3, 0.4) is 0 Å². The lowest BCUT2D eigenvalue weighted by Crippen LogP contribution is -2.24. The number of hydrogen-bond acceptors (Lipinski definition) is 4. The number of ether oxygens (including phenoxy) is 1. The number of aliphatic hydroxyl groups excluding tert-OH is 1. The monoisotopic (exact) mass is 468 g/mol. The van der Waals surface area contributed by atoms with E-state index in [9.17, 15) is 5.11 Å². The molecule has 4 nitrogen and oxygen atoms in total. The van der Waals surface area contributed by atoms with Crippen LogP contribution in [0.2, 0.25) is 0 Å². The van der Waals surface area contributed by atoms with Crippen LogP contribution in [-0.2, 0) is 12.3 Å². The van der Waals surface area contributed by atoms with Crippen molar-refractivity contribution in [2.75, 3.05) is 6.61 Å². The maximum Gasteiger partial charge on any atom is 0.169 e. The van der Waals surface area contributed by atoms with E-state index in [4.69, 9.17) is 9.72 Å². The van der Waals surface area contributed by atoms with Crippen molar-refractivity contribution in [3.8, 4) is 5.75 Å². The topological polar surface area (TPSA) is 47.3 Å². The Kier molecular flexibility index (Phi) is 6.54. The van der Waals surface area contributed by atoms with Gasteiger partial charge < -0.3 is 14.4 Å². The largest absolute Gasteiger partial charge is 0.491 e. The number of thioether (sulfide) groups is 1. The van der Waals surface area contributed by atoms with Gasteiger partial charge in [0.05, 0.1) is 17.6 Å². The quantitative estimate of drug-likeness (QED) is 0.345. The molecule has 1 atom stereocenters. The van der Waals surface area contributed by atoms with Gasteiger partial charge >= 0.3 is 0 Å². The van der Waals surface area contributed by atoms with Crippen molar-refractivity contribution >= 4 is 38.7 Å². The van der Waals surface area contributed by atoms with Crippen molar-refractivity contribution in [1.82, 2.24) is 9.55 Å². The van der Waals surface area contributed by atoms with Gasteiger partial charge in [0, 0.05) is 10.2 Å². The van der Waals surface area contributed by atoms with E-state index in [1.807, 2.05) is 66.7 Å². The van der Waals surface area contributed by atoms with Crippen molar-refractivity contribution in [2.24, 2.45) is 0 Å².